The van der Waals surface area contributed by atoms with E-state index in [1.807, 2.05) is 36.4 Å². The summed E-state index contributed by atoms with van der Waals surface area (Å²) in [4.78, 5) is 49.2. The molecular weight excluding hydrogens is 714 g/mol. The number of carbonyl (C=O) groups excluding carboxylic acids is 1. The highest BCUT2D eigenvalue weighted by atomic mass is 16.6. The Labute approximate surface area is 329 Å². The first-order chi connectivity index (χ1) is 27.0. The molecule has 3 aromatic carbocycles. The van der Waals surface area contributed by atoms with Gasteiger partial charge in [-0.15, -0.1) is 0 Å². The number of rotatable bonds is 10. The number of carboxylic acid groups (broad SMARTS) is 2. The van der Waals surface area contributed by atoms with Gasteiger partial charge in [0.1, 0.15) is 12.6 Å². The number of ether oxygens (including phenoxy) is 1. The molecule has 3 fully saturated rings. The highest BCUT2D eigenvalue weighted by molar-refractivity contribution is 5.86. The predicted molar refractivity (Wildman–Crippen MR) is 215 cm³/mol. The molecule has 13 nitrogen and oxygen atoms in total. The number of carbonyl (C=O) groups is 3. The lowest BCUT2D eigenvalue weighted by Gasteiger charge is -2.44. The van der Waals surface area contributed by atoms with Crippen LogP contribution in [-0.4, -0.2) is 89.0 Å². The number of aliphatic carboxylic acids is 2. The van der Waals surface area contributed by atoms with Crippen LogP contribution in [0, 0.1) is 10.1 Å². The Morgan fingerprint density at radius 1 is 0.821 bits per heavy atom. The molecule has 13 heteroatoms. The van der Waals surface area contributed by atoms with Crippen LogP contribution >= 0.6 is 0 Å². The lowest BCUT2D eigenvalue weighted by Crippen LogP contribution is -2.57. The van der Waals surface area contributed by atoms with Gasteiger partial charge >= 0.3 is 18.0 Å². The summed E-state index contributed by atoms with van der Waals surface area (Å²) in [7, 11) is 0. The van der Waals surface area contributed by atoms with E-state index in [2.05, 4.69) is 28.1 Å². The summed E-state index contributed by atoms with van der Waals surface area (Å²) in [5.74, 6) is -2.12. The van der Waals surface area contributed by atoms with E-state index >= 15 is 0 Å². The number of fused-ring (bicyclic) bond motifs is 3. The van der Waals surface area contributed by atoms with E-state index in [4.69, 9.17) is 9.84 Å². The van der Waals surface area contributed by atoms with Crippen molar-refractivity contribution in [1.29, 1.82) is 0 Å². The Morgan fingerprint density at radius 3 is 1.79 bits per heavy atom. The second kappa shape index (κ2) is 20.4. The molecule has 1 amide bonds. The summed E-state index contributed by atoms with van der Waals surface area (Å²) in [6.45, 7) is 7.81. The third-order valence-corrected chi connectivity index (χ3v) is 11.4. The number of nitro benzene ring substituents is 1. The van der Waals surface area contributed by atoms with Crippen LogP contribution in [0.25, 0.3) is 11.1 Å². The first-order valence-corrected chi connectivity index (χ1v) is 20.0. The quantitative estimate of drug-likeness (QED) is 0.105. The van der Waals surface area contributed by atoms with Gasteiger partial charge in [0.05, 0.1) is 4.92 Å². The number of benzene rings is 3. The number of hydrogen-bond acceptors (Lipinski definition) is 9. The Kier molecular flexibility index (Phi) is 15.4. The van der Waals surface area contributed by atoms with Crippen molar-refractivity contribution in [2.75, 3.05) is 32.8 Å². The van der Waals surface area contributed by atoms with E-state index in [9.17, 15) is 29.6 Å². The van der Waals surface area contributed by atoms with Gasteiger partial charge in [0.15, 0.2) is 5.54 Å². The molecule has 3 aromatic rings. The van der Waals surface area contributed by atoms with Crippen LogP contribution in [-0.2, 0) is 19.9 Å². The number of nitrogens with one attached hydrogen (secondary N) is 3. The Balaban J connectivity index is 0.000000273. The topological polar surface area (TPSA) is 183 Å². The van der Waals surface area contributed by atoms with Crippen molar-refractivity contribution in [2.45, 2.75) is 108 Å². The van der Waals surface area contributed by atoms with Gasteiger partial charge in [0.25, 0.3) is 5.69 Å². The molecule has 5 N–H and O–H groups in total. The van der Waals surface area contributed by atoms with E-state index in [0.717, 1.165) is 80.5 Å². The van der Waals surface area contributed by atoms with E-state index in [0.29, 0.717) is 18.9 Å². The molecule has 302 valence electrons. The number of piperazine rings is 1. The monoisotopic (exact) mass is 771 g/mol. The lowest BCUT2D eigenvalue weighted by molar-refractivity contribution is -0.384. The number of non-ortho nitro benzene ring substituents is 1. The summed E-state index contributed by atoms with van der Waals surface area (Å²) in [6, 6.07) is 21.2. The molecule has 0 spiro atoms. The van der Waals surface area contributed by atoms with E-state index in [1.54, 1.807) is 6.92 Å². The van der Waals surface area contributed by atoms with Crippen molar-refractivity contribution in [1.82, 2.24) is 20.9 Å². The number of nitrogens with zero attached hydrogens (tertiary/aromatic N) is 2. The van der Waals surface area contributed by atoms with Crippen molar-refractivity contribution >= 4 is 23.7 Å². The van der Waals surface area contributed by atoms with Crippen LogP contribution in [0.2, 0.25) is 0 Å². The minimum atomic E-state index is -1.76. The molecule has 2 saturated carbocycles. The zero-order chi connectivity index (χ0) is 40.1. The number of amides is 1. The molecular formula is C43H57N5O8. The fourth-order valence-corrected chi connectivity index (χ4v) is 8.27. The highest BCUT2D eigenvalue weighted by Crippen LogP contribution is 2.45. The third kappa shape index (κ3) is 10.5. The second-order valence-electron chi connectivity index (χ2n) is 15.2. The third-order valence-electron chi connectivity index (χ3n) is 11.4. The Morgan fingerprint density at radius 2 is 1.32 bits per heavy atom. The van der Waals surface area contributed by atoms with Crippen molar-refractivity contribution in [3.8, 4) is 11.1 Å². The predicted octanol–water partition coefficient (Wildman–Crippen LogP) is 7.04. The first-order valence-electron chi connectivity index (χ1n) is 20.0. The maximum Gasteiger partial charge on any atom is 0.411 e. The van der Waals surface area contributed by atoms with Gasteiger partial charge < -0.3 is 30.9 Å². The Bertz CT molecular complexity index is 1710. The lowest BCUT2D eigenvalue weighted by atomic mass is 9.85. The molecule has 1 heterocycles. The summed E-state index contributed by atoms with van der Waals surface area (Å²) in [6.07, 6.45) is 9.49. The van der Waals surface area contributed by atoms with Gasteiger partial charge in [0.2, 0.25) is 0 Å². The van der Waals surface area contributed by atoms with E-state index in [1.165, 1.54) is 55.4 Å². The van der Waals surface area contributed by atoms with Gasteiger partial charge in [-0.05, 0) is 79.5 Å². The molecule has 7 rings (SSSR count). The number of nitro groups is 1. The molecule has 1 aliphatic heterocycles. The summed E-state index contributed by atoms with van der Waals surface area (Å²) < 4.78 is 5.95. The van der Waals surface area contributed by atoms with Gasteiger partial charge in [-0.3, -0.25) is 19.8 Å². The van der Waals surface area contributed by atoms with Crippen LogP contribution in [0.15, 0.2) is 72.8 Å². The molecule has 1 saturated heterocycles. The molecule has 0 unspecified atom stereocenters. The van der Waals surface area contributed by atoms with Crippen LogP contribution in [0.3, 0.4) is 0 Å². The minimum absolute atomic E-state index is 0.0754. The smallest absolute Gasteiger partial charge is 0.411 e. The molecule has 4 aliphatic rings. The minimum Gasteiger partial charge on any atom is -0.480 e. The normalized spacial score (nSPS) is 18.6. The number of hydrogen-bond donors (Lipinski definition) is 5. The van der Waals surface area contributed by atoms with Crippen molar-refractivity contribution in [3.05, 3.63) is 99.6 Å². The molecule has 56 heavy (non-hydrogen) atoms. The maximum atomic E-state index is 13.9. The Hall–Kier alpha value is -4.85. The van der Waals surface area contributed by atoms with Crippen molar-refractivity contribution < 1.29 is 34.3 Å². The average molecular weight is 772 g/mol. The van der Waals surface area contributed by atoms with Gasteiger partial charge in [-0.25, -0.2) is 9.59 Å². The molecule has 0 radical (unpaired) electrons. The summed E-state index contributed by atoms with van der Waals surface area (Å²) >= 11 is 0. The van der Waals surface area contributed by atoms with Crippen LogP contribution in [0.4, 0.5) is 10.5 Å². The fraction of sp³-hybridized carbons (Fsp3) is 0.512. The molecule has 3 aliphatic carbocycles. The largest absolute Gasteiger partial charge is 0.480 e. The molecule has 0 bridgehead atoms. The van der Waals surface area contributed by atoms with Crippen LogP contribution < -0.4 is 16.0 Å². The first kappa shape index (κ1) is 42.3. The van der Waals surface area contributed by atoms with E-state index < -0.39 is 34.5 Å². The van der Waals surface area contributed by atoms with Crippen LogP contribution in [0.1, 0.15) is 101 Å². The average Bonchev–Trinajstić information content (AvgIpc) is 3.55. The standard InChI is InChI=1S/C30H30N2O6.C9H17NO2.C4H10N2/c1-30(28(33)34,20-15-17-22(18-16-20)32(36)37)31(21-9-3-2-4-10-21)29(35)38-19-27-25-13-7-5-11-23(25)24-12-6-8-14-26(24)27;1-7(9(11)12)10-8-5-3-2-4-6-8;1-2-6-4-3-5-1/h5-8,11-18,21,27H,2-4,9-10,19H2,1H3,(H,33,34);7-8,10H,2-6H2,1H3,(H,11,12);5-6H,1-4H2/t30-;7-;/m10./s1. The van der Waals surface area contributed by atoms with Gasteiger partial charge in [-0.2, -0.15) is 0 Å². The second-order valence-corrected chi connectivity index (χ2v) is 15.2. The maximum absolute atomic E-state index is 13.9. The highest BCUT2D eigenvalue weighted by Gasteiger charge is 2.49. The van der Waals surface area contributed by atoms with Gasteiger partial charge in [0, 0.05) is 56.3 Å². The summed E-state index contributed by atoms with van der Waals surface area (Å²) in [5.41, 5.74) is 2.73. The van der Waals surface area contributed by atoms with E-state index in [-0.39, 0.29) is 29.8 Å². The van der Waals surface area contributed by atoms with Crippen LogP contribution in [0.5, 0.6) is 0 Å². The van der Waals surface area contributed by atoms with Crippen molar-refractivity contribution in [2.24, 2.45) is 0 Å². The zero-order valence-corrected chi connectivity index (χ0v) is 32.6. The van der Waals surface area contributed by atoms with Crippen molar-refractivity contribution in [3.63, 3.8) is 0 Å². The zero-order valence-electron chi connectivity index (χ0n) is 32.6. The van der Waals surface area contributed by atoms with Gasteiger partial charge in [-0.1, -0.05) is 87.1 Å². The molecule has 0 aromatic heterocycles. The number of carboxylic acids is 2. The SMILES string of the molecule is C1CNCCN1.C[C@H](NC1CCCCC1)C(=O)O.C[C@](C(=O)O)(c1ccc([N+](=O)[O-])cc1)N(C(=O)OCC1c2ccccc2-c2ccccc21)C1CCCCC1. The summed E-state index contributed by atoms with van der Waals surface area (Å²) in [5, 5.41) is 39.9. The molecule has 2 atom stereocenters. The fourth-order valence-electron chi connectivity index (χ4n) is 8.27.